The van der Waals surface area contributed by atoms with Crippen molar-refractivity contribution in [1.29, 1.82) is 0 Å². The van der Waals surface area contributed by atoms with E-state index in [0.717, 1.165) is 22.8 Å². The minimum atomic E-state index is -0.480. The number of benzene rings is 1. The Labute approximate surface area is 101 Å². The lowest BCUT2D eigenvalue weighted by atomic mass is 10.0. The van der Waals surface area contributed by atoms with Crippen LogP contribution in [-0.2, 0) is 0 Å². The van der Waals surface area contributed by atoms with Crippen molar-refractivity contribution in [2.75, 3.05) is 19.5 Å². The first kappa shape index (κ1) is 13.4. The summed E-state index contributed by atoms with van der Waals surface area (Å²) in [5.41, 5.74) is 5.37. The summed E-state index contributed by atoms with van der Waals surface area (Å²) in [6.07, 6.45) is 0.783. The molecule has 90 valence electrons. The summed E-state index contributed by atoms with van der Waals surface area (Å²) < 4.78 is 5.15. The lowest BCUT2D eigenvalue weighted by molar-refractivity contribution is 0.206. The number of aliphatic hydroxyl groups is 1. The second-order valence-electron chi connectivity index (χ2n) is 4.09. The topological polar surface area (TPSA) is 55.5 Å². The lowest BCUT2D eigenvalue weighted by Gasteiger charge is -2.20. The zero-order valence-corrected chi connectivity index (χ0v) is 10.6. The third-order valence-electron chi connectivity index (χ3n) is 2.34. The molecule has 4 heteroatoms. The van der Waals surface area contributed by atoms with Gasteiger partial charge in [-0.05, 0) is 37.3 Å². The van der Waals surface area contributed by atoms with Gasteiger partial charge in [0.2, 0.25) is 0 Å². The number of aliphatic hydroxyl groups excluding tert-OH is 1. The zero-order valence-electron chi connectivity index (χ0n) is 9.77. The van der Waals surface area contributed by atoms with Crippen LogP contribution in [0.15, 0.2) is 29.2 Å². The molecule has 0 spiro atoms. The third-order valence-corrected chi connectivity index (χ3v) is 3.34. The molecular formula is C12H19NO2S. The van der Waals surface area contributed by atoms with Crippen LogP contribution in [0.4, 0.5) is 0 Å². The summed E-state index contributed by atoms with van der Waals surface area (Å²) in [6, 6.07) is 7.93. The lowest BCUT2D eigenvalue weighted by Crippen LogP contribution is -2.40. The molecular weight excluding hydrogens is 222 g/mol. The average molecular weight is 241 g/mol. The number of nitrogens with two attached hydrogens (primary N) is 1. The standard InChI is InChI=1S/C12H19NO2S/c1-12(13,9-14)6-7-16-11-5-3-4-10(8-11)15-2/h3-5,8,14H,6-7,9,13H2,1-2H3. The first-order valence-electron chi connectivity index (χ1n) is 5.24. The van der Waals surface area contributed by atoms with E-state index in [4.69, 9.17) is 15.6 Å². The van der Waals surface area contributed by atoms with Crippen molar-refractivity contribution in [2.45, 2.75) is 23.8 Å². The molecule has 3 N–H and O–H groups in total. The molecule has 0 aromatic heterocycles. The fourth-order valence-electron chi connectivity index (χ4n) is 1.17. The molecule has 0 saturated heterocycles. The van der Waals surface area contributed by atoms with Crippen LogP contribution < -0.4 is 10.5 Å². The third kappa shape index (κ3) is 4.43. The van der Waals surface area contributed by atoms with E-state index in [2.05, 4.69) is 0 Å². The molecule has 1 unspecified atom stereocenters. The SMILES string of the molecule is COc1cccc(SCCC(C)(N)CO)c1. The molecule has 0 heterocycles. The summed E-state index contributed by atoms with van der Waals surface area (Å²) in [7, 11) is 1.66. The normalized spacial score (nSPS) is 14.5. The van der Waals surface area contributed by atoms with E-state index in [-0.39, 0.29) is 6.61 Å². The molecule has 1 aromatic rings. The van der Waals surface area contributed by atoms with Crippen molar-refractivity contribution in [3.8, 4) is 5.75 Å². The van der Waals surface area contributed by atoms with Crippen LogP contribution in [0, 0.1) is 0 Å². The van der Waals surface area contributed by atoms with Crippen molar-refractivity contribution < 1.29 is 9.84 Å². The van der Waals surface area contributed by atoms with Gasteiger partial charge in [-0.2, -0.15) is 0 Å². The predicted molar refractivity (Wildman–Crippen MR) is 68.0 cm³/mol. The van der Waals surface area contributed by atoms with Gasteiger partial charge in [0.25, 0.3) is 0 Å². The van der Waals surface area contributed by atoms with Gasteiger partial charge < -0.3 is 15.6 Å². The van der Waals surface area contributed by atoms with E-state index in [9.17, 15) is 0 Å². The Morgan fingerprint density at radius 1 is 1.50 bits per heavy atom. The number of ether oxygens (including phenoxy) is 1. The highest BCUT2D eigenvalue weighted by Gasteiger charge is 2.16. The smallest absolute Gasteiger partial charge is 0.119 e. The minimum absolute atomic E-state index is 0.0195. The molecule has 0 bridgehead atoms. The van der Waals surface area contributed by atoms with Crippen molar-refractivity contribution in [3.05, 3.63) is 24.3 Å². The number of methoxy groups -OCH3 is 1. The molecule has 0 saturated carbocycles. The van der Waals surface area contributed by atoms with Gasteiger partial charge in [-0.3, -0.25) is 0 Å². The predicted octanol–water partition coefficient (Wildman–Crippen LogP) is 1.89. The van der Waals surface area contributed by atoms with Crippen molar-refractivity contribution >= 4 is 11.8 Å². The van der Waals surface area contributed by atoms with Gasteiger partial charge in [0.15, 0.2) is 0 Å². The van der Waals surface area contributed by atoms with Gasteiger partial charge in [0.1, 0.15) is 5.75 Å². The number of rotatable bonds is 6. The molecule has 0 aliphatic heterocycles. The first-order valence-corrected chi connectivity index (χ1v) is 6.22. The van der Waals surface area contributed by atoms with Crippen LogP contribution in [0.1, 0.15) is 13.3 Å². The van der Waals surface area contributed by atoms with Gasteiger partial charge in [0, 0.05) is 10.4 Å². The van der Waals surface area contributed by atoms with Gasteiger partial charge in [0.05, 0.1) is 13.7 Å². The number of thioether (sulfide) groups is 1. The largest absolute Gasteiger partial charge is 0.497 e. The number of hydrogen-bond donors (Lipinski definition) is 2. The fraction of sp³-hybridized carbons (Fsp3) is 0.500. The van der Waals surface area contributed by atoms with E-state index in [1.165, 1.54) is 0 Å². The van der Waals surface area contributed by atoms with E-state index in [1.807, 2.05) is 31.2 Å². The number of hydrogen-bond acceptors (Lipinski definition) is 4. The Kier molecular flexibility index (Phi) is 5.12. The molecule has 1 aromatic carbocycles. The molecule has 1 atom stereocenters. The van der Waals surface area contributed by atoms with Crippen LogP contribution >= 0.6 is 11.8 Å². The highest BCUT2D eigenvalue weighted by Crippen LogP contribution is 2.24. The summed E-state index contributed by atoms with van der Waals surface area (Å²) in [5.74, 6) is 1.75. The minimum Gasteiger partial charge on any atom is -0.497 e. The van der Waals surface area contributed by atoms with E-state index < -0.39 is 5.54 Å². The van der Waals surface area contributed by atoms with Crippen LogP contribution in [0.2, 0.25) is 0 Å². The Morgan fingerprint density at radius 2 is 2.25 bits per heavy atom. The maximum absolute atomic E-state index is 9.02. The Bertz CT molecular complexity index is 329. The summed E-state index contributed by atoms with van der Waals surface area (Å²) in [4.78, 5) is 1.16. The first-order chi connectivity index (χ1) is 7.57. The Morgan fingerprint density at radius 3 is 2.88 bits per heavy atom. The van der Waals surface area contributed by atoms with Crippen LogP contribution in [0.3, 0.4) is 0 Å². The highest BCUT2D eigenvalue weighted by atomic mass is 32.2. The van der Waals surface area contributed by atoms with Crippen molar-refractivity contribution in [3.63, 3.8) is 0 Å². The van der Waals surface area contributed by atoms with Crippen molar-refractivity contribution in [2.24, 2.45) is 5.73 Å². The van der Waals surface area contributed by atoms with Gasteiger partial charge in [-0.25, -0.2) is 0 Å². The van der Waals surface area contributed by atoms with Crippen LogP contribution in [0.25, 0.3) is 0 Å². The monoisotopic (exact) mass is 241 g/mol. The summed E-state index contributed by atoms with van der Waals surface area (Å²) >= 11 is 1.72. The van der Waals surface area contributed by atoms with E-state index >= 15 is 0 Å². The zero-order chi connectivity index (χ0) is 12.0. The fourth-order valence-corrected chi connectivity index (χ4v) is 2.35. The summed E-state index contributed by atoms with van der Waals surface area (Å²) in [5, 5.41) is 9.02. The maximum Gasteiger partial charge on any atom is 0.119 e. The molecule has 3 nitrogen and oxygen atoms in total. The average Bonchev–Trinajstić information content (AvgIpc) is 2.29. The van der Waals surface area contributed by atoms with Gasteiger partial charge in [-0.15, -0.1) is 11.8 Å². The summed E-state index contributed by atoms with van der Waals surface area (Å²) in [6.45, 7) is 1.88. The second-order valence-corrected chi connectivity index (χ2v) is 5.26. The highest BCUT2D eigenvalue weighted by molar-refractivity contribution is 7.99. The quantitative estimate of drug-likeness (QED) is 0.747. The maximum atomic E-state index is 9.02. The molecule has 16 heavy (non-hydrogen) atoms. The van der Waals surface area contributed by atoms with Gasteiger partial charge in [-0.1, -0.05) is 6.07 Å². The van der Waals surface area contributed by atoms with E-state index in [0.29, 0.717) is 0 Å². The van der Waals surface area contributed by atoms with Crippen LogP contribution in [0.5, 0.6) is 5.75 Å². The molecule has 0 radical (unpaired) electrons. The molecule has 0 aliphatic rings. The van der Waals surface area contributed by atoms with Crippen molar-refractivity contribution in [1.82, 2.24) is 0 Å². The van der Waals surface area contributed by atoms with E-state index in [1.54, 1.807) is 18.9 Å². The molecule has 0 fully saturated rings. The molecule has 0 aliphatic carbocycles. The Balaban J connectivity index is 2.42. The van der Waals surface area contributed by atoms with Crippen LogP contribution in [-0.4, -0.2) is 30.1 Å². The molecule has 1 rings (SSSR count). The molecule has 0 amide bonds. The Hall–Kier alpha value is -0.710. The second kappa shape index (κ2) is 6.13. The van der Waals surface area contributed by atoms with Gasteiger partial charge >= 0.3 is 0 Å².